The van der Waals surface area contributed by atoms with Gasteiger partial charge in [0.15, 0.2) is 5.76 Å². The number of hydrogen-bond acceptors (Lipinski definition) is 3. The van der Waals surface area contributed by atoms with Crippen molar-refractivity contribution in [3.05, 3.63) is 77.6 Å². The number of carbonyl (C=O) groups is 1. The Hall–Kier alpha value is -3.07. The number of methoxy groups -OCH3 is 1. The molecule has 2 aliphatic rings. The second kappa shape index (κ2) is 6.68. The third-order valence-corrected chi connectivity index (χ3v) is 4.71. The first-order chi connectivity index (χ1) is 12.7. The first-order valence-electron chi connectivity index (χ1n) is 8.84. The summed E-state index contributed by atoms with van der Waals surface area (Å²) in [6, 6.07) is 19.5. The van der Waals surface area contributed by atoms with Crippen LogP contribution in [0.2, 0.25) is 0 Å². The van der Waals surface area contributed by atoms with Gasteiger partial charge in [-0.25, -0.2) is 0 Å². The molecule has 0 saturated heterocycles. The molecule has 1 aromatic heterocycles. The van der Waals surface area contributed by atoms with Gasteiger partial charge < -0.3 is 9.15 Å². The van der Waals surface area contributed by atoms with Crippen molar-refractivity contribution in [2.45, 2.75) is 19.8 Å². The molecule has 0 N–H and O–H groups in total. The van der Waals surface area contributed by atoms with Crippen LogP contribution in [0.4, 0.5) is 0 Å². The van der Waals surface area contributed by atoms with Crippen LogP contribution in [0.5, 0.6) is 5.75 Å². The number of ketones is 1. The number of ether oxygens (including phenoxy) is 1. The lowest BCUT2D eigenvalue weighted by Crippen LogP contribution is -1.98. The second-order valence-electron chi connectivity index (χ2n) is 6.41. The van der Waals surface area contributed by atoms with E-state index in [0.717, 1.165) is 29.4 Å². The predicted molar refractivity (Wildman–Crippen MR) is 103 cm³/mol. The van der Waals surface area contributed by atoms with Crippen LogP contribution < -0.4 is 4.74 Å². The molecular formula is C23H20O3. The van der Waals surface area contributed by atoms with E-state index in [4.69, 9.17) is 9.15 Å². The lowest BCUT2D eigenvalue weighted by atomic mass is 10.0. The van der Waals surface area contributed by atoms with Crippen molar-refractivity contribution in [1.82, 2.24) is 0 Å². The van der Waals surface area contributed by atoms with Crippen LogP contribution in [-0.4, -0.2) is 12.9 Å². The molecule has 0 unspecified atom stereocenters. The molecule has 0 aliphatic heterocycles. The fourth-order valence-electron chi connectivity index (χ4n) is 3.44. The lowest BCUT2D eigenvalue weighted by Gasteiger charge is -2.00. The molecule has 0 spiro atoms. The standard InChI is InChI=1S/C23H20O3/c1-3-7-15-12-20(19-9-6-4-5-8-18(15)19)23(24)22-13-16-10-11-17(25-2)14-21(16)26-22/h4-6,8-14H,3,7H2,1-2H3. The van der Waals surface area contributed by atoms with E-state index in [1.807, 2.05) is 42.5 Å². The van der Waals surface area contributed by atoms with Crippen molar-refractivity contribution in [2.24, 2.45) is 0 Å². The van der Waals surface area contributed by atoms with Crippen molar-refractivity contribution in [3.8, 4) is 16.9 Å². The molecule has 1 heterocycles. The third kappa shape index (κ3) is 2.76. The molecule has 0 amide bonds. The number of furan rings is 1. The summed E-state index contributed by atoms with van der Waals surface area (Å²) in [6.07, 6.45) is 1.99. The third-order valence-electron chi connectivity index (χ3n) is 4.71. The Balaban J connectivity index is 1.81. The van der Waals surface area contributed by atoms with E-state index in [-0.39, 0.29) is 5.78 Å². The van der Waals surface area contributed by atoms with Gasteiger partial charge >= 0.3 is 0 Å². The molecule has 0 bridgehead atoms. The molecule has 0 radical (unpaired) electrons. The zero-order chi connectivity index (χ0) is 18.1. The zero-order valence-corrected chi connectivity index (χ0v) is 14.9. The summed E-state index contributed by atoms with van der Waals surface area (Å²) >= 11 is 0. The Morgan fingerprint density at radius 1 is 1.00 bits per heavy atom. The second-order valence-corrected chi connectivity index (χ2v) is 6.41. The maximum absolute atomic E-state index is 13.2. The van der Waals surface area contributed by atoms with Crippen LogP contribution >= 0.6 is 0 Å². The topological polar surface area (TPSA) is 39.4 Å². The Morgan fingerprint density at radius 3 is 2.58 bits per heavy atom. The number of fused-ring (bicyclic) bond motifs is 2. The molecular weight excluding hydrogens is 324 g/mol. The number of benzene rings is 1. The van der Waals surface area contributed by atoms with Crippen molar-refractivity contribution < 1.29 is 13.9 Å². The minimum atomic E-state index is -0.0845. The Labute approximate surface area is 152 Å². The number of carbonyl (C=O) groups excluding carboxylic acids is 1. The summed E-state index contributed by atoms with van der Waals surface area (Å²) in [5.41, 5.74) is 4.67. The van der Waals surface area contributed by atoms with Crippen LogP contribution in [-0.2, 0) is 6.42 Å². The Morgan fingerprint density at radius 2 is 1.81 bits per heavy atom. The molecule has 1 aromatic carbocycles. The number of hydrogen-bond donors (Lipinski definition) is 0. The van der Waals surface area contributed by atoms with Gasteiger partial charge in [0, 0.05) is 17.0 Å². The largest absolute Gasteiger partial charge is 0.497 e. The predicted octanol–water partition coefficient (Wildman–Crippen LogP) is 5.73. The summed E-state index contributed by atoms with van der Waals surface area (Å²) in [5, 5.41) is 0.893. The van der Waals surface area contributed by atoms with E-state index in [0.29, 0.717) is 22.7 Å². The summed E-state index contributed by atoms with van der Waals surface area (Å²) in [7, 11) is 1.61. The van der Waals surface area contributed by atoms with Crippen molar-refractivity contribution in [3.63, 3.8) is 0 Å². The minimum Gasteiger partial charge on any atom is -0.497 e. The fourth-order valence-corrected chi connectivity index (χ4v) is 3.44. The van der Waals surface area contributed by atoms with E-state index in [1.165, 1.54) is 5.56 Å². The average molecular weight is 344 g/mol. The van der Waals surface area contributed by atoms with Crippen LogP contribution in [0.15, 0.2) is 65.1 Å². The van der Waals surface area contributed by atoms with Crippen LogP contribution in [0.25, 0.3) is 22.1 Å². The SMILES string of the molecule is CCCc1cc(C(=O)c2cc3ccc(OC)cc3o2)c2cccccc1-2. The smallest absolute Gasteiger partial charge is 0.228 e. The average Bonchev–Trinajstić information content (AvgIpc) is 3.13. The summed E-state index contributed by atoms with van der Waals surface area (Å²) in [5.74, 6) is 0.982. The van der Waals surface area contributed by atoms with Gasteiger partial charge in [-0.3, -0.25) is 4.79 Å². The highest BCUT2D eigenvalue weighted by atomic mass is 16.5. The molecule has 3 nitrogen and oxygen atoms in total. The molecule has 3 heteroatoms. The zero-order valence-electron chi connectivity index (χ0n) is 14.9. The van der Waals surface area contributed by atoms with Crippen molar-refractivity contribution in [1.29, 1.82) is 0 Å². The van der Waals surface area contributed by atoms with Gasteiger partial charge in [-0.15, -0.1) is 0 Å². The molecule has 2 aliphatic carbocycles. The van der Waals surface area contributed by atoms with E-state index < -0.39 is 0 Å². The van der Waals surface area contributed by atoms with Crippen molar-refractivity contribution >= 4 is 16.8 Å². The van der Waals surface area contributed by atoms with Gasteiger partial charge in [0.05, 0.1) is 7.11 Å². The minimum absolute atomic E-state index is 0.0845. The summed E-state index contributed by atoms with van der Waals surface area (Å²) < 4.78 is 11.1. The molecule has 130 valence electrons. The normalized spacial score (nSPS) is 11.2. The Bertz CT molecular complexity index is 1060. The van der Waals surface area contributed by atoms with E-state index in [2.05, 4.69) is 13.0 Å². The maximum Gasteiger partial charge on any atom is 0.228 e. The molecule has 26 heavy (non-hydrogen) atoms. The fraction of sp³-hybridized carbons (Fsp3) is 0.174. The van der Waals surface area contributed by atoms with E-state index in [1.54, 1.807) is 19.2 Å². The monoisotopic (exact) mass is 344 g/mol. The van der Waals surface area contributed by atoms with Crippen molar-refractivity contribution in [2.75, 3.05) is 7.11 Å². The van der Waals surface area contributed by atoms with Crippen LogP contribution in [0, 0.1) is 0 Å². The van der Waals surface area contributed by atoms with Crippen LogP contribution in [0.3, 0.4) is 0 Å². The van der Waals surface area contributed by atoms with Gasteiger partial charge in [0.2, 0.25) is 5.78 Å². The highest BCUT2D eigenvalue weighted by Crippen LogP contribution is 2.35. The maximum atomic E-state index is 13.2. The first-order valence-corrected chi connectivity index (χ1v) is 8.84. The first kappa shape index (κ1) is 16.4. The summed E-state index contributed by atoms with van der Waals surface area (Å²) in [6.45, 7) is 2.15. The highest BCUT2D eigenvalue weighted by Gasteiger charge is 2.23. The van der Waals surface area contributed by atoms with E-state index >= 15 is 0 Å². The molecule has 2 aromatic rings. The quantitative estimate of drug-likeness (QED) is 0.434. The molecule has 0 atom stereocenters. The molecule has 0 saturated carbocycles. The van der Waals surface area contributed by atoms with Gasteiger partial charge in [0.25, 0.3) is 0 Å². The van der Waals surface area contributed by atoms with Gasteiger partial charge in [-0.05, 0) is 47.4 Å². The van der Waals surface area contributed by atoms with Gasteiger partial charge in [0.1, 0.15) is 11.3 Å². The summed E-state index contributed by atoms with van der Waals surface area (Å²) in [4.78, 5) is 13.2. The number of rotatable bonds is 5. The highest BCUT2D eigenvalue weighted by molar-refractivity contribution is 6.14. The Kier molecular flexibility index (Phi) is 4.21. The van der Waals surface area contributed by atoms with E-state index in [9.17, 15) is 4.79 Å². The molecule has 4 rings (SSSR count). The number of aryl methyl sites for hydroxylation is 1. The van der Waals surface area contributed by atoms with Gasteiger partial charge in [-0.2, -0.15) is 0 Å². The van der Waals surface area contributed by atoms with Crippen LogP contribution in [0.1, 0.15) is 35.0 Å². The molecule has 0 fully saturated rings. The van der Waals surface area contributed by atoms with Gasteiger partial charge in [-0.1, -0.05) is 43.7 Å². The lowest BCUT2D eigenvalue weighted by molar-refractivity contribution is 0.101.